The van der Waals surface area contributed by atoms with Crippen molar-refractivity contribution in [3.05, 3.63) is 29.6 Å². The summed E-state index contributed by atoms with van der Waals surface area (Å²) < 4.78 is 13.1. The molecule has 0 aliphatic carbocycles. The molecule has 0 radical (unpaired) electrons. The zero-order valence-electron chi connectivity index (χ0n) is 10.9. The third-order valence-corrected chi connectivity index (χ3v) is 3.27. The lowest BCUT2D eigenvalue weighted by molar-refractivity contribution is -0.123. The summed E-state index contributed by atoms with van der Waals surface area (Å²) in [5.74, 6) is -0.647. The van der Waals surface area contributed by atoms with Crippen LogP contribution >= 0.6 is 0 Å². The lowest BCUT2D eigenvalue weighted by Gasteiger charge is -2.22. The first-order chi connectivity index (χ1) is 8.49. The Kier molecular flexibility index (Phi) is 4.43. The molecule has 0 atom stereocenters. The van der Waals surface area contributed by atoms with E-state index in [0.717, 1.165) is 0 Å². The number of benzene rings is 1. The molecule has 18 heavy (non-hydrogen) atoms. The van der Waals surface area contributed by atoms with E-state index in [2.05, 4.69) is 11.4 Å². The Balaban J connectivity index is 2.94. The molecule has 0 aliphatic heterocycles. The Bertz CT molecular complexity index is 487. The topological polar surface area (TPSA) is 52.9 Å². The molecule has 1 amide bonds. The normalized spacial score (nSPS) is 10.8. The smallest absolute Gasteiger partial charge is 0.244 e. The van der Waals surface area contributed by atoms with Crippen LogP contribution in [0.25, 0.3) is 0 Å². The van der Waals surface area contributed by atoms with Crippen molar-refractivity contribution >= 4 is 11.6 Å². The molecule has 0 aromatic heterocycles. The zero-order valence-corrected chi connectivity index (χ0v) is 10.9. The van der Waals surface area contributed by atoms with Gasteiger partial charge in [0.15, 0.2) is 0 Å². The molecule has 0 unspecified atom stereocenters. The molecule has 3 nitrogen and oxygen atoms in total. The van der Waals surface area contributed by atoms with Crippen LogP contribution in [0.2, 0.25) is 0 Å². The van der Waals surface area contributed by atoms with E-state index in [1.54, 1.807) is 13.0 Å². The minimum absolute atomic E-state index is 0.314. The lowest BCUT2D eigenvalue weighted by atomic mass is 9.83. The summed E-state index contributed by atoms with van der Waals surface area (Å²) in [5.41, 5.74) is -0.0359. The maximum Gasteiger partial charge on any atom is 0.244 e. The highest BCUT2D eigenvalue weighted by molar-refractivity contribution is 5.97. The number of aryl methyl sites for hydroxylation is 1. The first-order valence-electron chi connectivity index (χ1n) is 5.98. The molecular weight excluding hydrogens is 231 g/mol. The summed E-state index contributed by atoms with van der Waals surface area (Å²) in [4.78, 5) is 12.1. The number of rotatable bonds is 4. The van der Waals surface area contributed by atoms with Crippen LogP contribution in [-0.2, 0) is 4.79 Å². The summed E-state index contributed by atoms with van der Waals surface area (Å²) in [6, 6.07) is 6.43. The van der Waals surface area contributed by atoms with Crippen molar-refractivity contribution < 1.29 is 9.18 Å². The summed E-state index contributed by atoms with van der Waals surface area (Å²) >= 11 is 0. The van der Waals surface area contributed by atoms with Gasteiger partial charge in [-0.25, -0.2) is 4.39 Å². The third-order valence-electron chi connectivity index (χ3n) is 3.27. The second-order valence-electron chi connectivity index (χ2n) is 4.32. The van der Waals surface area contributed by atoms with Crippen LogP contribution in [0, 0.1) is 29.5 Å². The predicted octanol–water partition coefficient (Wildman–Crippen LogP) is 3.40. The highest BCUT2D eigenvalue weighted by Gasteiger charge is 2.34. The van der Waals surface area contributed by atoms with Gasteiger partial charge in [0.1, 0.15) is 11.2 Å². The number of anilines is 1. The monoisotopic (exact) mass is 248 g/mol. The Morgan fingerprint density at radius 2 is 2.06 bits per heavy atom. The van der Waals surface area contributed by atoms with Crippen molar-refractivity contribution in [2.75, 3.05) is 5.32 Å². The van der Waals surface area contributed by atoms with Gasteiger partial charge in [-0.05, 0) is 43.5 Å². The number of nitrogens with one attached hydrogen (secondary N) is 1. The molecule has 96 valence electrons. The molecule has 1 rings (SSSR count). The number of amides is 1. The predicted molar refractivity (Wildman–Crippen MR) is 68.4 cm³/mol. The van der Waals surface area contributed by atoms with E-state index >= 15 is 0 Å². The lowest BCUT2D eigenvalue weighted by Crippen LogP contribution is -2.33. The number of halogens is 1. The molecule has 0 saturated carbocycles. The Hall–Kier alpha value is -1.89. The van der Waals surface area contributed by atoms with Gasteiger partial charge in [-0.1, -0.05) is 13.8 Å². The summed E-state index contributed by atoms with van der Waals surface area (Å²) in [6.07, 6.45) is 0.901. The number of carbonyl (C=O) groups is 1. The fourth-order valence-corrected chi connectivity index (χ4v) is 1.75. The number of nitriles is 1. The fourth-order valence-electron chi connectivity index (χ4n) is 1.75. The van der Waals surface area contributed by atoms with E-state index in [9.17, 15) is 9.18 Å². The average molecular weight is 248 g/mol. The van der Waals surface area contributed by atoms with Gasteiger partial charge in [0.2, 0.25) is 5.91 Å². The van der Waals surface area contributed by atoms with Crippen LogP contribution in [0.15, 0.2) is 18.2 Å². The summed E-state index contributed by atoms with van der Waals surface area (Å²) in [6.45, 7) is 5.24. The first kappa shape index (κ1) is 14.2. The number of carbonyl (C=O) groups excluding carboxylic acids is 1. The molecule has 1 aromatic carbocycles. The molecule has 1 N–H and O–H groups in total. The minimum atomic E-state index is -1.01. The Morgan fingerprint density at radius 1 is 1.44 bits per heavy atom. The standard InChI is InChI=1S/C14H17FN2O/c1-4-14(5-2,9-16)13(18)17-11-6-7-12(15)10(3)8-11/h6-8H,4-5H2,1-3H3,(H,17,18). The van der Waals surface area contributed by atoms with Crippen molar-refractivity contribution in [1.29, 1.82) is 5.26 Å². The highest BCUT2D eigenvalue weighted by atomic mass is 19.1. The molecule has 0 bridgehead atoms. The maximum absolute atomic E-state index is 13.1. The van der Waals surface area contributed by atoms with Gasteiger partial charge < -0.3 is 5.32 Å². The first-order valence-corrected chi connectivity index (χ1v) is 5.98. The number of hydrogen-bond acceptors (Lipinski definition) is 2. The van der Waals surface area contributed by atoms with Crippen LogP contribution in [0.3, 0.4) is 0 Å². The average Bonchev–Trinajstić information content (AvgIpc) is 2.37. The second-order valence-corrected chi connectivity index (χ2v) is 4.32. The van der Waals surface area contributed by atoms with E-state index in [4.69, 9.17) is 5.26 Å². The fraction of sp³-hybridized carbons (Fsp3) is 0.429. The second kappa shape index (κ2) is 5.63. The van der Waals surface area contributed by atoms with Crippen molar-refractivity contribution in [3.8, 4) is 6.07 Å². The van der Waals surface area contributed by atoms with E-state index < -0.39 is 5.41 Å². The molecule has 1 aromatic rings. The van der Waals surface area contributed by atoms with Gasteiger partial charge in [0.05, 0.1) is 6.07 Å². The number of nitrogens with zero attached hydrogens (tertiary/aromatic N) is 1. The number of hydrogen-bond donors (Lipinski definition) is 1. The van der Waals surface area contributed by atoms with Gasteiger partial charge in [-0.15, -0.1) is 0 Å². The van der Waals surface area contributed by atoms with Gasteiger partial charge in [0, 0.05) is 5.69 Å². The molecule has 0 spiro atoms. The van der Waals surface area contributed by atoms with Crippen molar-refractivity contribution in [2.24, 2.45) is 5.41 Å². The minimum Gasteiger partial charge on any atom is -0.325 e. The largest absolute Gasteiger partial charge is 0.325 e. The van der Waals surface area contributed by atoms with Crippen LogP contribution in [0.4, 0.5) is 10.1 Å². The Labute approximate surface area is 107 Å². The molecule has 0 heterocycles. The molecule has 0 fully saturated rings. The molecule has 4 heteroatoms. The van der Waals surface area contributed by atoms with E-state index in [0.29, 0.717) is 24.1 Å². The highest BCUT2D eigenvalue weighted by Crippen LogP contribution is 2.27. The summed E-state index contributed by atoms with van der Waals surface area (Å²) in [7, 11) is 0. The molecular formula is C14H17FN2O. The van der Waals surface area contributed by atoms with Crippen molar-refractivity contribution in [1.82, 2.24) is 0 Å². The maximum atomic E-state index is 13.1. The van der Waals surface area contributed by atoms with Crippen molar-refractivity contribution in [3.63, 3.8) is 0 Å². The quantitative estimate of drug-likeness (QED) is 0.887. The zero-order chi connectivity index (χ0) is 13.8. The van der Waals surface area contributed by atoms with Gasteiger partial charge >= 0.3 is 0 Å². The van der Waals surface area contributed by atoms with E-state index in [1.807, 2.05) is 13.8 Å². The van der Waals surface area contributed by atoms with Gasteiger partial charge in [0.25, 0.3) is 0 Å². The Morgan fingerprint density at radius 3 is 2.50 bits per heavy atom. The van der Waals surface area contributed by atoms with Crippen LogP contribution in [-0.4, -0.2) is 5.91 Å². The van der Waals surface area contributed by atoms with Crippen molar-refractivity contribution in [2.45, 2.75) is 33.6 Å². The summed E-state index contributed by atoms with van der Waals surface area (Å²) in [5, 5.41) is 11.8. The van der Waals surface area contributed by atoms with Gasteiger partial charge in [-0.3, -0.25) is 4.79 Å². The van der Waals surface area contributed by atoms with Crippen LogP contribution in [0.5, 0.6) is 0 Å². The van der Waals surface area contributed by atoms with Crippen LogP contribution < -0.4 is 5.32 Å². The molecule has 0 saturated heterocycles. The SMILES string of the molecule is CCC(C#N)(CC)C(=O)Nc1ccc(F)c(C)c1. The van der Waals surface area contributed by atoms with E-state index in [-0.39, 0.29) is 11.7 Å². The third kappa shape index (κ3) is 2.67. The van der Waals surface area contributed by atoms with Crippen LogP contribution in [0.1, 0.15) is 32.3 Å². The molecule has 0 aliphatic rings. The van der Waals surface area contributed by atoms with Gasteiger partial charge in [-0.2, -0.15) is 5.26 Å². The van der Waals surface area contributed by atoms with E-state index in [1.165, 1.54) is 12.1 Å².